The maximum Gasteiger partial charge on any atom is 0.221 e. The summed E-state index contributed by atoms with van der Waals surface area (Å²) < 4.78 is 24.2. The molecule has 1 rings (SSSR count). The number of rotatable bonds is 2. The molecule has 1 aromatic carbocycles. The van der Waals surface area contributed by atoms with Gasteiger partial charge in [-0.1, -0.05) is 0 Å². The summed E-state index contributed by atoms with van der Waals surface area (Å²) in [5, 5.41) is 2.43. The van der Waals surface area contributed by atoms with E-state index in [1.807, 2.05) is 0 Å². The highest BCUT2D eigenvalue weighted by atomic mass is 32.2. The van der Waals surface area contributed by atoms with Gasteiger partial charge in [-0.3, -0.25) is 9.00 Å². The molecule has 1 atom stereocenters. The van der Waals surface area contributed by atoms with Crippen LogP contribution in [0.5, 0.6) is 0 Å². The minimum Gasteiger partial charge on any atom is -0.326 e. The summed E-state index contributed by atoms with van der Waals surface area (Å²) in [4.78, 5) is 10.8. The lowest BCUT2D eigenvalue weighted by molar-refractivity contribution is -0.114. The number of anilines is 1. The maximum atomic E-state index is 13.2. The topological polar surface area (TPSA) is 46.2 Å². The van der Waals surface area contributed by atoms with Crippen LogP contribution in [0, 0.1) is 5.82 Å². The minimum atomic E-state index is -1.35. The van der Waals surface area contributed by atoms with E-state index in [2.05, 4.69) is 5.32 Å². The Kier molecular flexibility index (Phi) is 3.35. The summed E-state index contributed by atoms with van der Waals surface area (Å²) in [6.45, 7) is 1.34. The second-order valence-corrected chi connectivity index (χ2v) is 4.13. The number of hydrogen-bond acceptors (Lipinski definition) is 2. The molecule has 0 spiro atoms. The molecular formula is C9H10FNO2S. The molecule has 14 heavy (non-hydrogen) atoms. The SMILES string of the molecule is CC(=O)Nc1ccc(S(C)=O)c(F)c1. The van der Waals surface area contributed by atoms with Gasteiger partial charge in [-0.2, -0.15) is 0 Å². The molecule has 0 radical (unpaired) electrons. The van der Waals surface area contributed by atoms with Crippen LogP contribution in [0.2, 0.25) is 0 Å². The highest BCUT2D eigenvalue weighted by Gasteiger charge is 2.06. The number of hydrogen-bond donors (Lipinski definition) is 1. The second kappa shape index (κ2) is 4.32. The van der Waals surface area contributed by atoms with Crippen LogP contribution >= 0.6 is 0 Å². The van der Waals surface area contributed by atoms with Crippen molar-refractivity contribution in [3.63, 3.8) is 0 Å². The van der Waals surface area contributed by atoms with Crippen LogP contribution in [0.15, 0.2) is 23.1 Å². The van der Waals surface area contributed by atoms with Crippen molar-refractivity contribution in [3.05, 3.63) is 24.0 Å². The zero-order valence-corrected chi connectivity index (χ0v) is 8.65. The summed E-state index contributed by atoms with van der Waals surface area (Å²) in [6, 6.07) is 4.07. The van der Waals surface area contributed by atoms with Gasteiger partial charge in [-0.15, -0.1) is 0 Å². The number of carbonyl (C=O) groups excluding carboxylic acids is 1. The molecule has 0 aromatic heterocycles. The first-order chi connectivity index (χ1) is 6.50. The standard InChI is InChI=1S/C9H10FNO2S/c1-6(12)11-7-3-4-9(14(2)13)8(10)5-7/h3-5H,1-2H3,(H,11,12). The van der Waals surface area contributed by atoms with Gasteiger partial charge in [0.25, 0.3) is 0 Å². The third kappa shape index (κ3) is 2.63. The zero-order chi connectivity index (χ0) is 10.7. The largest absolute Gasteiger partial charge is 0.326 e. The first-order valence-corrected chi connectivity index (χ1v) is 5.47. The van der Waals surface area contributed by atoms with Crippen molar-refractivity contribution >= 4 is 22.4 Å². The molecule has 0 fully saturated rings. The molecule has 0 saturated carbocycles. The van der Waals surface area contributed by atoms with E-state index >= 15 is 0 Å². The molecule has 0 heterocycles. The maximum absolute atomic E-state index is 13.2. The second-order valence-electron chi connectivity index (χ2n) is 2.78. The Bertz CT molecular complexity index is 392. The lowest BCUT2D eigenvalue weighted by Gasteiger charge is -2.04. The average Bonchev–Trinajstić information content (AvgIpc) is 2.01. The van der Waals surface area contributed by atoms with Gasteiger partial charge in [0.1, 0.15) is 5.82 Å². The molecule has 0 aliphatic carbocycles. The Balaban J connectivity index is 3.00. The zero-order valence-electron chi connectivity index (χ0n) is 7.83. The quantitative estimate of drug-likeness (QED) is 0.813. The molecule has 1 aromatic rings. The van der Waals surface area contributed by atoms with Crippen LogP contribution in [0.1, 0.15) is 6.92 Å². The highest BCUT2D eigenvalue weighted by Crippen LogP contribution is 2.16. The van der Waals surface area contributed by atoms with Gasteiger partial charge in [-0.05, 0) is 18.2 Å². The monoisotopic (exact) mass is 215 g/mol. The third-order valence-corrected chi connectivity index (χ3v) is 2.51. The van der Waals surface area contributed by atoms with Gasteiger partial charge in [0.2, 0.25) is 5.91 Å². The average molecular weight is 215 g/mol. The van der Waals surface area contributed by atoms with E-state index in [4.69, 9.17) is 0 Å². The van der Waals surface area contributed by atoms with Crippen molar-refractivity contribution in [3.8, 4) is 0 Å². The normalized spacial score (nSPS) is 12.2. The molecule has 5 heteroatoms. The Morgan fingerprint density at radius 1 is 1.50 bits per heavy atom. The summed E-state index contributed by atoms with van der Waals surface area (Å²) in [5.41, 5.74) is 0.365. The van der Waals surface area contributed by atoms with Crippen LogP contribution in [0.3, 0.4) is 0 Å². The molecule has 1 amide bonds. The number of halogens is 1. The third-order valence-electron chi connectivity index (χ3n) is 1.56. The lowest BCUT2D eigenvalue weighted by atomic mass is 10.3. The molecule has 3 nitrogen and oxygen atoms in total. The fraction of sp³-hybridized carbons (Fsp3) is 0.222. The van der Waals surface area contributed by atoms with E-state index in [1.165, 1.54) is 25.3 Å². The summed E-state index contributed by atoms with van der Waals surface area (Å²) in [5.74, 6) is -0.841. The van der Waals surface area contributed by atoms with Crippen LogP contribution in [0.25, 0.3) is 0 Å². The number of carbonyl (C=O) groups is 1. The van der Waals surface area contributed by atoms with Crippen molar-refractivity contribution in [2.75, 3.05) is 11.6 Å². The van der Waals surface area contributed by atoms with Crippen LogP contribution in [-0.4, -0.2) is 16.4 Å². The Hall–Kier alpha value is -1.23. The van der Waals surface area contributed by atoms with Crippen molar-refractivity contribution < 1.29 is 13.4 Å². The van der Waals surface area contributed by atoms with E-state index in [9.17, 15) is 13.4 Å². The first kappa shape index (κ1) is 10.8. The lowest BCUT2D eigenvalue weighted by Crippen LogP contribution is -2.06. The summed E-state index contributed by atoms with van der Waals surface area (Å²) in [7, 11) is -1.35. The number of benzene rings is 1. The van der Waals surface area contributed by atoms with Crippen molar-refractivity contribution in [1.29, 1.82) is 0 Å². The van der Waals surface area contributed by atoms with Crippen molar-refractivity contribution in [1.82, 2.24) is 0 Å². The van der Waals surface area contributed by atoms with Gasteiger partial charge in [0.15, 0.2) is 0 Å². The molecule has 1 unspecified atom stereocenters. The number of amides is 1. The molecule has 1 N–H and O–H groups in total. The minimum absolute atomic E-state index is 0.138. The molecule has 0 aliphatic heterocycles. The van der Waals surface area contributed by atoms with Gasteiger partial charge in [0, 0.05) is 18.9 Å². The van der Waals surface area contributed by atoms with Crippen LogP contribution in [0.4, 0.5) is 10.1 Å². The number of nitrogens with one attached hydrogen (secondary N) is 1. The van der Waals surface area contributed by atoms with Crippen molar-refractivity contribution in [2.24, 2.45) is 0 Å². The molecule has 76 valence electrons. The van der Waals surface area contributed by atoms with E-state index < -0.39 is 16.6 Å². The van der Waals surface area contributed by atoms with Gasteiger partial charge in [0.05, 0.1) is 15.7 Å². The van der Waals surface area contributed by atoms with Gasteiger partial charge < -0.3 is 5.32 Å². The van der Waals surface area contributed by atoms with E-state index in [-0.39, 0.29) is 10.8 Å². The Morgan fingerprint density at radius 2 is 2.14 bits per heavy atom. The predicted molar refractivity (Wildman–Crippen MR) is 53.0 cm³/mol. The molecule has 0 saturated heterocycles. The van der Waals surface area contributed by atoms with Gasteiger partial charge >= 0.3 is 0 Å². The van der Waals surface area contributed by atoms with E-state index in [0.717, 1.165) is 6.07 Å². The molecular weight excluding hydrogens is 205 g/mol. The fourth-order valence-corrected chi connectivity index (χ4v) is 1.61. The van der Waals surface area contributed by atoms with E-state index in [0.29, 0.717) is 5.69 Å². The van der Waals surface area contributed by atoms with Crippen molar-refractivity contribution in [2.45, 2.75) is 11.8 Å². The highest BCUT2D eigenvalue weighted by molar-refractivity contribution is 7.84. The van der Waals surface area contributed by atoms with Crippen LogP contribution < -0.4 is 5.32 Å². The summed E-state index contributed by atoms with van der Waals surface area (Å²) in [6.07, 6.45) is 1.40. The van der Waals surface area contributed by atoms with Gasteiger partial charge in [-0.25, -0.2) is 4.39 Å². The fourth-order valence-electron chi connectivity index (χ4n) is 1.01. The summed E-state index contributed by atoms with van der Waals surface area (Å²) >= 11 is 0. The smallest absolute Gasteiger partial charge is 0.221 e. The Labute approximate surface area is 83.8 Å². The molecule has 0 bridgehead atoms. The Morgan fingerprint density at radius 3 is 2.57 bits per heavy atom. The van der Waals surface area contributed by atoms with Crippen LogP contribution in [-0.2, 0) is 15.6 Å². The molecule has 0 aliphatic rings. The van der Waals surface area contributed by atoms with E-state index in [1.54, 1.807) is 0 Å². The first-order valence-electron chi connectivity index (χ1n) is 3.91. The predicted octanol–water partition coefficient (Wildman–Crippen LogP) is 1.52.